The summed E-state index contributed by atoms with van der Waals surface area (Å²) in [7, 11) is -2.16. The van der Waals surface area contributed by atoms with Gasteiger partial charge in [-0.1, -0.05) is 31.2 Å². The minimum absolute atomic E-state index is 0.103. The van der Waals surface area contributed by atoms with Crippen LogP contribution in [-0.2, 0) is 29.8 Å². The Balaban J connectivity index is 1.45. The van der Waals surface area contributed by atoms with Crippen LogP contribution in [-0.4, -0.2) is 50.5 Å². The number of amidine groups is 1. The molecule has 1 fully saturated rings. The molecule has 0 spiro atoms. The van der Waals surface area contributed by atoms with Crippen LogP contribution >= 0.6 is 0 Å². The Morgan fingerprint density at radius 3 is 2.52 bits per heavy atom. The molecule has 0 bridgehead atoms. The zero-order valence-electron chi connectivity index (χ0n) is 18.3. The average Bonchev–Trinajstić information content (AvgIpc) is 3.06. The molecule has 33 heavy (non-hydrogen) atoms. The van der Waals surface area contributed by atoms with E-state index < -0.39 is 15.4 Å². The number of imide groups is 1. The molecule has 1 atom stereocenters. The van der Waals surface area contributed by atoms with Crippen molar-refractivity contribution in [3.63, 3.8) is 0 Å². The Morgan fingerprint density at radius 1 is 1.15 bits per heavy atom. The summed E-state index contributed by atoms with van der Waals surface area (Å²) in [6.07, 6.45) is 1.28. The fourth-order valence-corrected chi connectivity index (χ4v) is 5.54. The SMILES string of the molecule is CCC1(c2ccc(NC(=O)CN(C)C3=NS(=O)(=O)c4ccccc43)cc2)CCC(=O)NC1=O. The van der Waals surface area contributed by atoms with E-state index in [9.17, 15) is 22.8 Å². The minimum Gasteiger partial charge on any atom is -0.349 e. The van der Waals surface area contributed by atoms with Gasteiger partial charge >= 0.3 is 0 Å². The minimum atomic E-state index is -3.77. The number of hydrogen-bond acceptors (Lipinski definition) is 6. The van der Waals surface area contributed by atoms with E-state index in [1.165, 1.54) is 11.0 Å². The van der Waals surface area contributed by atoms with Gasteiger partial charge in [0, 0.05) is 24.7 Å². The lowest BCUT2D eigenvalue weighted by atomic mass is 9.72. The Morgan fingerprint density at radius 2 is 1.85 bits per heavy atom. The number of nitrogens with one attached hydrogen (secondary N) is 2. The van der Waals surface area contributed by atoms with E-state index >= 15 is 0 Å². The molecule has 0 saturated carbocycles. The van der Waals surface area contributed by atoms with Crippen molar-refractivity contribution < 1.29 is 22.8 Å². The van der Waals surface area contributed by atoms with E-state index in [4.69, 9.17) is 0 Å². The van der Waals surface area contributed by atoms with E-state index in [2.05, 4.69) is 15.0 Å². The molecule has 0 aromatic heterocycles. The molecule has 2 aliphatic heterocycles. The molecule has 0 radical (unpaired) electrons. The van der Waals surface area contributed by atoms with Gasteiger partial charge in [0.1, 0.15) is 4.90 Å². The third-order valence-corrected chi connectivity index (χ3v) is 7.47. The molecule has 2 aromatic rings. The van der Waals surface area contributed by atoms with Crippen LogP contribution in [0.2, 0.25) is 0 Å². The number of rotatable bonds is 5. The fraction of sp³-hybridized carbons (Fsp3) is 0.304. The van der Waals surface area contributed by atoms with Crippen molar-refractivity contribution in [3.05, 3.63) is 59.7 Å². The van der Waals surface area contributed by atoms with Gasteiger partial charge < -0.3 is 10.2 Å². The van der Waals surface area contributed by atoms with Gasteiger partial charge in [0.2, 0.25) is 17.7 Å². The molecule has 172 valence electrons. The second-order valence-electron chi connectivity index (χ2n) is 8.18. The highest BCUT2D eigenvalue weighted by atomic mass is 32.2. The normalized spacial score (nSPS) is 21.1. The van der Waals surface area contributed by atoms with Crippen molar-refractivity contribution in [3.8, 4) is 0 Å². The van der Waals surface area contributed by atoms with Crippen LogP contribution in [0.3, 0.4) is 0 Å². The smallest absolute Gasteiger partial charge is 0.285 e. The van der Waals surface area contributed by atoms with Crippen molar-refractivity contribution in [2.75, 3.05) is 18.9 Å². The first-order valence-corrected chi connectivity index (χ1v) is 12.0. The van der Waals surface area contributed by atoms with Gasteiger partial charge in [0.25, 0.3) is 10.0 Å². The first-order chi connectivity index (χ1) is 15.7. The molecule has 10 heteroatoms. The molecule has 0 aliphatic carbocycles. The number of nitrogens with zero attached hydrogens (tertiary/aromatic N) is 2. The fourth-order valence-electron chi connectivity index (χ4n) is 4.29. The summed E-state index contributed by atoms with van der Waals surface area (Å²) in [5.41, 5.74) is 1.02. The highest BCUT2D eigenvalue weighted by molar-refractivity contribution is 7.90. The number of benzene rings is 2. The van der Waals surface area contributed by atoms with Crippen molar-refractivity contribution in [1.29, 1.82) is 0 Å². The summed E-state index contributed by atoms with van der Waals surface area (Å²) in [5, 5.41) is 5.20. The van der Waals surface area contributed by atoms with Gasteiger partial charge in [0.05, 0.1) is 12.0 Å². The summed E-state index contributed by atoms with van der Waals surface area (Å²) in [5.74, 6) is -0.689. The molecule has 2 N–H and O–H groups in total. The van der Waals surface area contributed by atoms with Crippen LogP contribution in [0, 0.1) is 0 Å². The maximum Gasteiger partial charge on any atom is 0.285 e. The molecule has 2 aliphatic rings. The van der Waals surface area contributed by atoms with Crippen molar-refractivity contribution in [2.45, 2.75) is 36.5 Å². The Hall–Kier alpha value is -3.53. The van der Waals surface area contributed by atoms with Crippen LogP contribution in [0.1, 0.15) is 37.3 Å². The van der Waals surface area contributed by atoms with E-state index in [1.807, 2.05) is 6.92 Å². The molecular weight excluding hydrogens is 444 g/mol. The second-order valence-corrected chi connectivity index (χ2v) is 9.75. The predicted molar refractivity (Wildman–Crippen MR) is 122 cm³/mol. The first-order valence-electron chi connectivity index (χ1n) is 10.6. The molecule has 2 aromatic carbocycles. The van der Waals surface area contributed by atoms with Crippen LogP contribution in [0.5, 0.6) is 0 Å². The van der Waals surface area contributed by atoms with Crippen LogP contribution in [0.4, 0.5) is 5.69 Å². The number of sulfonamides is 1. The zero-order valence-corrected chi connectivity index (χ0v) is 19.1. The number of piperidine rings is 1. The summed E-state index contributed by atoms with van der Waals surface area (Å²) in [6.45, 7) is 1.80. The van der Waals surface area contributed by atoms with Gasteiger partial charge in [-0.3, -0.25) is 19.7 Å². The number of amides is 3. The van der Waals surface area contributed by atoms with Gasteiger partial charge in [-0.15, -0.1) is 4.40 Å². The summed E-state index contributed by atoms with van der Waals surface area (Å²) in [4.78, 5) is 38.3. The third-order valence-electron chi connectivity index (χ3n) is 6.15. The Bertz CT molecular complexity index is 1270. The number of hydrogen-bond donors (Lipinski definition) is 2. The lowest BCUT2D eigenvalue weighted by molar-refractivity contribution is -0.138. The van der Waals surface area contributed by atoms with Gasteiger partial charge in [-0.25, -0.2) is 0 Å². The standard InChI is InChI=1S/C23H24N4O5S/c1-3-23(13-12-19(28)25-22(23)30)15-8-10-16(11-9-15)24-20(29)14-27(2)21-17-6-4-5-7-18(17)33(31,32)26-21/h4-11H,3,12-14H2,1-2H3,(H,24,29)(H,25,28,30). The molecule has 1 saturated heterocycles. The lowest BCUT2D eigenvalue weighted by Gasteiger charge is -2.35. The largest absolute Gasteiger partial charge is 0.349 e. The van der Waals surface area contributed by atoms with Crippen molar-refractivity contribution >= 4 is 39.3 Å². The average molecular weight is 469 g/mol. The maximum absolute atomic E-state index is 12.6. The van der Waals surface area contributed by atoms with Crippen molar-refractivity contribution in [2.24, 2.45) is 4.40 Å². The quantitative estimate of drug-likeness (QED) is 0.645. The van der Waals surface area contributed by atoms with E-state index in [1.54, 1.807) is 49.5 Å². The van der Waals surface area contributed by atoms with E-state index in [0.29, 0.717) is 24.1 Å². The highest BCUT2D eigenvalue weighted by Crippen LogP contribution is 2.36. The molecule has 2 heterocycles. The predicted octanol–water partition coefficient (Wildman–Crippen LogP) is 1.79. The monoisotopic (exact) mass is 468 g/mol. The van der Waals surface area contributed by atoms with Gasteiger partial charge in [-0.2, -0.15) is 8.42 Å². The number of carbonyl (C=O) groups excluding carboxylic acids is 3. The Labute approximate surface area is 191 Å². The topological polar surface area (TPSA) is 125 Å². The number of likely N-dealkylation sites (N-methyl/N-ethyl adjacent to an activating group) is 1. The number of anilines is 1. The lowest BCUT2D eigenvalue weighted by Crippen LogP contribution is -2.51. The van der Waals surface area contributed by atoms with Gasteiger partial charge in [0.15, 0.2) is 5.84 Å². The summed E-state index contributed by atoms with van der Waals surface area (Å²) in [6, 6.07) is 13.5. The van der Waals surface area contributed by atoms with E-state index in [-0.39, 0.29) is 41.4 Å². The highest BCUT2D eigenvalue weighted by Gasteiger charge is 2.42. The van der Waals surface area contributed by atoms with Crippen LogP contribution < -0.4 is 10.6 Å². The van der Waals surface area contributed by atoms with Crippen LogP contribution in [0.25, 0.3) is 0 Å². The Kier molecular flexibility index (Phi) is 5.79. The molecule has 1 unspecified atom stereocenters. The molecule has 9 nitrogen and oxygen atoms in total. The zero-order chi connectivity index (χ0) is 23.8. The van der Waals surface area contributed by atoms with Crippen molar-refractivity contribution in [1.82, 2.24) is 10.2 Å². The summed E-state index contributed by atoms with van der Waals surface area (Å²) >= 11 is 0. The molecular formula is C23H24N4O5S. The number of carbonyl (C=O) groups is 3. The summed E-state index contributed by atoms with van der Waals surface area (Å²) < 4.78 is 28.3. The first kappa shape index (κ1) is 22.7. The van der Waals surface area contributed by atoms with E-state index in [0.717, 1.165) is 5.56 Å². The molecule has 3 amide bonds. The second kappa shape index (κ2) is 8.43. The van der Waals surface area contributed by atoms with Crippen LogP contribution in [0.15, 0.2) is 57.8 Å². The molecule has 4 rings (SSSR count). The third kappa shape index (κ3) is 4.13. The number of fused-ring (bicyclic) bond motifs is 1. The maximum atomic E-state index is 12.6. The van der Waals surface area contributed by atoms with Gasteiger partial charge in [-0.05, 0) is 42.7 Å².